The van der Waals surface area contributed by atoms with Crippen molar-refractivity contribution in [3.8, 4) is 0 Å². The highest BCUT2D eigenvalue weighted by Gasteiger charge is 2.15. The minimum atomic E-state index is -0.223. The predicted octanol–water partition coefficient (Wildman–Crippen LogP) is 3.13. The average Bonchev–Trinajstić information content (AvgIpc) is 2.47. The molecule has 0 saturated heterocycles. The molecule has 0 radical (unpaired) electrons. The third-order valence-electron chi connectivity index (χ3n) is 3.80. The lowest BCUT2D eigenvalue weighted by molar-refractivity contribution is -0.144. The van der Waals surface area contributed by atoms with Gasteiger partial charge in [0.2, 0.25) is 0 Å². The van der Waals surface area contributed by atoms with E-state index >= 15 is 0 Å². The summed E-state index contributed by atoms with van der Waals surface area (Å²) in [6, 6.07) is 8.50. The Balaban J connectivity index is 1.85. The van der Waals surface area contributed by atoms with Gasteiger partial charge in [-0.1, -0.05) is 43.5 Å². The van der Waals surface area contributed by atoms with Gasteiger partial charge in [-0.2, -0.15) is 0 Å². The van der Waals surface area contributed by atoms with Crippen LogP contribution < -0.4 is 5.73 Å². The summed E-state index contributed by atoms with van der Waals surface area (Å²) in [6.45, 7) is 0.698. The van der Waals surface area contributed by atoms with Crippen LogP contribution in [0.3, 0.4) is 0 Å². The van der Waals surface area contributed by atoms with Crippen LogP contribution in [-0.2, 0) is 16.1 Å². The smallest absolute Gasteiger partial charge is 0.307 e. The highest BCUT2D eigenvalue weighted by Crippen LogP contribution is 2.32. The standard InChI is InChI=1S/C16H23NO2/c17-11-10-16(18)19-12-13-6-8-15(9-7-13)14-4-2-1-3-5-14/h6-9,14H,1-5,10-12,17H2. The molecular formula is C16H23NO2. The topological polar surface area (TPSA) is 52.3 Å². The van der Waals surface area contributed by atoms with Gasteiger partial charge in [-0.05, 0) is 29.9 Å². The Labute approximate surface area is 115 Å². The molecule has 1 aromatic carbocycles. The molecule has 2 rings (SSSR count). The van der Waals surface area contributed by atoms with Crippen LogP contribution in [-0.4, -0.2) is 12.5 Å². The highest BCUT2D eigenvalue weighted by molar-refractivity contribution is 5.69. The monoisotopic (exact) mass is 261 g/mol. The quantitative estimate of drug-likeness (QED) is 0.828. The van der Waals surface area contributed by atoms with Crippen molar-refractivity contribution in [3.63, 3.8) is 0 Å². The lowest BCUT2D eigenvalue weighted by Crippen LogP contribution is -2.11. The molecule has 0 heterocycles. The maximum Gasteiger partial charge on any atom is 0.307 e. The van der Waals surface area contributed by atoms with E-state index < -0.39 is 0 Å². The SMILES string of the molecule is NCCC(=O)OCc1ccc(C2CCCCC2)cc1. The number of carbonyl (C=O) groups is 1. The molecule has 1 aliphatic carbocycles. The fraction of sp³-hybridized carbons (Fsp3) is 0.562. The van der Waals surface area contributed by atoms with Crippen LogP contribution in [0.5, 0.6) is 0 Å². The van der Waals surface area contributed by atoms with Crippen molar-refractivity contribution in [2.24, 2.45) is 5.73 Å². The van der Waals surface area contributed by atoms with E-state index in [2.05, 4.69) is 24.3 Å². The number of hydrogen-bond acceptors (Lipinski definition) is 3. The number of nitrogens with two attached hydrogens (primary N) is 1. The van der Waals surface area contributed by atoms with Gasteiger partial charge in [-0.3, -0.25) is 4.79 Å². The van der Waals surface area contributed by atoms with Crippen molar-refractivity contribution < 1.29 is 9.53 Å². The normalized spacial score (nSPS) is 16.3. The van der Waals surface area contributed by atoms with Gasteiger partial charge < -0.3 is 10.5 Å². The predicted molar refractivity (Wildman–Crippen MR) is 75.7 cm³/mol. The van der Waals surface area contributed by atoms with Crippen molar-refractivity contribution in [3.05, 3.63) is 35.4 Å². The Bertz CT molecular complexity index is 394. The lowest BCUT2D eigenvalue weighted by atomic mass is 9.84. The highest BCUT2D eigenvalue weighted by atomic mass is 16.5. The van der Waals surface area contributed by atoms with Crippen LogP contribution in [0, 0.1) is 0 Å². The summed E-state index contributed by atoms with van der Waals surface area (Å²) in [5.74, 6) is 0.501. The molecule has 0 amide bonds. The summed E-state index contributed by atoms with van der Waals surface area (Å²) in [7, 11) is 0. The number of rotatable bonds is 5. The molecule has 0 spiro atoms. The van der Waals surface area contributed by atoms with Crippen molar-refractivity contribution in [1.82, 2.24) is 0 Å². The Kier molecular flexibility index (Phi) is 5.40. The van der Waals surface area contributed by atoms with Gasteiger partial charge in [0, 0.05) is 6.54 Å². The third kappa shape index (κ3) is 4.35. The molecule has 1 aliphatic rings. The number of esters is 1. The summed E-state index contributed by atoms with van der Waals surface area (Å²) in [6.07, 6.45) is 6.99. The first-order valence-electron chi connectivity index (χ1n) is 7.24. The van der Waals surface area contributed by atoms with E-state index in [4.69, 9.17) is 10.5 Å². The first kappa shape index (κ1) is 14.1. The second-order valence-electron chi connectivity index (χ2n) is 5.28. The van der Waals surface area contributed by atoms with Crippen molar-refractivity contribution in [2.45, 2.75) is 51.0 Å². The molecule has 0 bridgehead atoms. The van der Waals surface area contributed by atoms with Gasteiger partial charge in [0.05, 0.1) is 6.42 Å². The molecule has 1 aromatic rings. The van der Waals surface area contributed by atoms with E-state index in [0.717, 1.165) is 11.5 Å². The van der Waals surface area contributed by atoms with Gasteiger partial charge in [-0.15, -0.1) is 0 Å². The van der Waals surface area contributed by atoms with Crippen LogP contribution >= 0.6 is 0 Å². The van der Waals surface area contributed by atoms with Gasteiger partial charge in [0.1, 0.15) is 6.61 Å². The molecule has 3 nitrogen and oxygen atoms in total. The molecule has 1 fully saturated rings. The second kappa shape index (κ2) is 7.29. The minimum Gasteiger partial charge on any atom is -0.461 e. The second-order valence-corrected chi connectivity index (χ2v) is 5.28. The summed E-state index contributed by atoms with van der Waals surface area (Å²) in [4.78, 5) is 11.2. The summed E-state index contributed by atoms with van der Waals surface area (Å²) < 4.78 is 5.13. The largest absolute Gasteiger partial charge is 0.461 e. The summed E-state index contributed by atoms with van der Waals surface area (Å²) in [5.41, 5.74) is 7.77. The van der Waals surface area contributed by atoms with Crippen molar-refractivity contribution in [1.29, 1.82) is 0 Å². The molecule has 0 atom stereocenters. The maximum absolute atomic E-state index is 11.2. The van der Waals surface area contributed by atoms with Crippen molar-refractivity contribution >= 4 is 5.97 Å². The van der Waals surface area contributed by atoms with E-state index in [0.29, 0.717) is 19.6 Å². The Hall–Kier alpha value is -1.35. The Morgan fingerprint density at radius 1 is 1.16 bits per heavy atom. The number of hydrogen-bond donors (Lipinski definition) is 1. The van der Waals surface area contributed by atoms with E-state index in [1.54, 1.807) is 0 Å². The fourth-order valence-electron chi connectivity index (χ4n) is 2.68. The average molecular weight is 261 g/mol. The molecule has 0 unspecified atom stereocenters. The van der Waals surface area contributed by atoms with Crippen LogP contribution in [0.2, 0.25) is 0 Å². The molecule has 3 heteroatoms. The lowest BCUT2D eigenvalue weighted by Gasteiger charge is -2.22. The molecule has 2 N–H and O–H groups in total. The van der Waals surface area contributed by atoms with E-state index in [1.807, 2.05) is 0 Å². The van der Waals surface area contributed by atoms with Crippen LogP contribution in [0.4, 0.5) is 0 Å². The molecule has 1 saturated carbocycles. The van der Waals surface area contributed by atoms with Crippen LogP contribution in [0.25, 0.3) is 0 Å². The van der Waals surface area contributed by atoms with E-state index in [-0.39, 0.29) is 5.97 Å². The van der Waals surface area contributed by atoms with Gasteiger partial charge in [0.25, 0.3) is 0 Å². The zero-order chi connectivity index (χ0) is 13.5. The van der Waals surface area contributed by atoms with Crippen LogP contribution in [0.1, 0.15) is 55.6 Å². The first-order valence-corrected chi connectivity index (χ1v) is 7.24. The molecule has 19 heavy (non-hydrogen) atoms. The number of ether oxygens (including phenoxy) is 1. The summed E-state index contributed by atoms with van der Waals surface area (Å²) >= 11 is 0. The maximum atomic E-state index is 11.2. The summed E-state index contributed by atoms with van der Waals surface area (Å²) in [5, 5.41) is 0. The molecule has 104 valence electrons. The minimum absolute atomic E-state index is 0.223. The fourth-order valence-corrected chi connectivity index (χ4v) is 2.68. The van der Waals surface area contributed by atoms with E-state index in [1.165, 1.54) is 37.7 Å². The molecule has 0 aromatic heterocycles. The zero-order valence-electron chi connectivity index (χ0n) is 11.4. The van der Waals surface area contributed by atoms with Gasteiger partial charge in [-0.25, -0.2) is 0 Å². The third-order valence-corrected chi connectivity index (χ3v) is 3.80. The Morgan fingerprint density at radius 2 is 1.84 bits per heavy atom. The molecule has 0 aliphatic heterocycles. The number of carbonyl (C=O) groups excluding carboxylic acids is 1. The first-order chi connectivity index (χ1) is 9.29. The van der Waals surface area contributed by atoms with Gasteiger partial charge >= 0.3 is 5.97 Å². The molecular weight excluding hydrogens is 238 g/mol. The van der Waals surface area contributed by atoms with Gasteiger partial charge in [0.15, 0.2) is 0 Å². The van der Waals surface area contributed by atoms with Crippen molar-refractivity contribution in [2.75, 3.05) is 6.54 Å². The Morgan fingerprint density at radius 3 is 2.47 bits per heavy atom. The number of benzene rings is 1. The van der Waals surface area contributed by atoms with E-state index in [9.17, 15) is 4.79 Å². The van der Waals surface area contributed by atoms with Crippen LogP contribution in [0.15, 0.2) is 24.3 Å². The zero-order valence-corrected chi connectivity index (χ0v) is 11.4.